The molecule has 0 bridgehead atoms. The summed E-state index contributed by atoms with van der Waals surface area (Å²) in [6.45, 7) is 5.91. The number of likely N-dealkylation sites (N-methyl/N-ethyl adjacent to an activating group) is 1. The molecule has 1 aliphatic heterocycles. The molecular weight excluding hydrogens is 619 g/mol. The fourth-order valence-electron chi connectivity index (χ4n) is 5.10. The van der Waals surface area contributed by atoms with Crippen LogP contribution in [0.1, 0.15) is 50.4 Å². The number of para-hydroxylation sites is 3. The van der Waals surface area contributed by atoms with Gasteiger partial charge < -0.3 is 35.1 Å². The monoisotopic (exact) mass is 662 g/mol. The highest BCUT2D eigenvalue weighted by Crippen LogP contribution is 2.34. The first-order chi connectivity index (χ1) is 23.0. The number of hydrogen-bond acceptors (Lipinski definition) is 7. The van der Waals surface area contributed by atoms with E-state index in [0.717, 1.165) is 0 Å². The Morgan fingerprint density at radius 1 is 1.00 bits per heavy atom. The van der Waals surface area contributed by atoms with Crippen molar-refractivity contribution in [1.82, 2.24) is 20.9 Å². The first-order valence-corrected chi connectivity index (χ1v) is 16.0. The molecule has 4 amide bonds. The van der Waals surface area contributed by atoms with E-state index in [1.54, 1.807) is 68.6 Å². The lowest BCUT2D eigenvalue weighted by atomic mass is 10.0. The molecule has 3 N–H and O–H groups in total. The summed E-state index contributed by atoms with van der Waals surface area (Å²) < 4.78 is 32.2. The standard InChI is InChI=1S/C36H43FN4O7/c1-23(2)21-29-36(45)41(4)19-20-46-30-15-9-8-13-26(30)34(43)40-28(17-18-32(42)39-29)35(44)38-24(3)22-47-31-16-10-14-27(37)33(31)48-25-11-6-5-7-12-25/h5-16,23-24,28-29H,17-22H2,1-4H3,(H,38,44)(H,39,42)(H,40,43)/t24-,28+,29-/m1/s1. The summed E-state index contributed by atoms with van der Waals surface area (Å²) in [4.78, 5) is 54.8. The van der Waals surface area contributed by atoms with Crippen LogP contribution in [-0.4, -0.2) is 73.5 Å². The molecule has 0 unspecified atom stereocenters. The average molecular weight is 663 g/mol. The summed E-state index contributed by atoms with van der Waals surface area (Å²) >= 11 is 0. The Kier molecular flexibility index (Phi) is 12.8. The molecule has 0 fully saturated rings. The fraction of sp³-hybridized carbons (Fsp3) is 0.389. The zero-order valence-electron chi connectivity index (χ0n) is 27.7. The SMILES string of the molecule is CC(C)C[C@H]1NC(=O)CC[C@@H](C(=O)N[C@H](C)COc2cccc(F)c2Oc2ccccc2)NC(=O)c2ccccc2OCCN(C)C1=O. The molecule has 0 aromatic heterocycles. The number of ether oxygens (including phenoxy) is 3. The molecule has 3 aromatic rings. The number of amides is 4. The number of carbonyl (C=O) groups is 4. The Labute approximate surface area is 280 Å². The molecule has 1 heterocycles. The molecule has 0 saturated carbocycles. The Morgan fingerprint density at radius 2 is 1.73 bits per heavy atom. The van der Waals surface area contributed by atoms with E-state index >= 15 is 0 Å². The van der Waals surface area contributed by atoms with Crippen LogP contribution in [0.5, 0.6) is 23.0 Å². The topological polar surface area (TPSA) is 135 Å². The van der Waals surface area contributed by atoms with Gasteiger partial charge in [0.05, 0.1) is 18.2 Å². The van der Waals surface area contributed by atoms with E-state index in [-0.39, 0.29) is 61.5 Å². The van der Waals surface area contributed by atoms with Crippen LogP contribution < -0.4 is 30.2 Å². The van der Waals surface area contributed by atoms with Crippen molar-refractivity contribution in [3.8, 4) is 23.0 Å². The van der Waals surface area contributed by atoms with Crippen molar-refractivity contribution >= 4 is 23.6 Å². The van der Waals surface area contributed by atoms with Gasteiger partial charge in [0.25, 0.3) is 5.91 Å². The molecule has 11 nitrogen and oxygen atoms in total. The summed E-state index contributed by atoms with van der Waals surface area (Å²) in [5.74, 6) is -1.49. The lowest BCUT2D eigenvalue weighted by Crippen LogP contribution is -2.51. The van der Waals surface area contributed by atoms with Crippen molar-refractivity contribution < 1.29 is 37.8 Å². The zero-order valence-corrected chi connectivity index (χ0v) is 27.7. The van der Waals surface area contributed by atoms with Crippen LogP contribution in [0.25, 0.3) is 0 Å². The second-order valence-electron chi connectivity index (χ2n) is 12.1. The van der Waals surface area contributed by atoms with E-state index in [0.29, 0.717) is 17.9 Å². The summed E-state index contributed by atoms with van der Waals surface area (Å²) in [6, 6.07) is 17.2. The number of benzene rings is 3. The molecule has 0 saturated heterocycles. The number of fused-ring (bicyclic) bond motifs is 1. The summed E-state index contributed by atoms with van der Waals surface area (Å²) in [5.41, 5.74) is 0.203. The quantitative estimate of drug-likeness (QED) is 0.308. The van der Waals surface area contributed by atoms with Gasteiger partial charge in [-0.2, -0.15) is 0 Å². The van der Waals surface area contributed by atoms with Gasteiger partial charge in [0.2, 0.25) is 23.5 Å². The predicted molar refractivity (Wildman–Crippen MR) is 177 cm³/mol. The third-order valence-corrected chi connectivity index (χ3v) is 7.59. The highest BCUT2D eigenvalue weighted by atomic mass is 19.1. The number of nitrogens with one attached hydrogen (secondary N) is 3. The van der Waals surface area contributed by atoms with Gasteiger partial charge >= 0.3 is 0 Å². The van der Waals surface area contributed by atoms with Gasteiger partial charge in [0.1, 0.15) is 36.8 Å². The third-order valence-electron chi connectivity index (χ3n) is 7.59. The van der Waals surface area contributed by atoms with Crippen LogP contribution in [0.15, 0.2) is 72.8 Å². The maximum Gasteiger partial charge on any atom is 0.255 e. The highest BCUT2D eigenvalue weighted by Gasteiger charge is 2.29. The van der Waals surface area contributed by atoms with E-state index in [9.17, 15) is 23.6 Å². The smallest absolute Gasteiger partial charge is 0.255 e. The normalized spacial score (nSPS) is 18.3. The average Bonchev–Trinajstić information content (AvgIpc) is 3.06. The van der Waals surface area contributed by atoms with E-state index in [2.05, 4.69) is 16.0 Å². The molecule has 12 heteroatoms. The van der Waals surface area contributed by atoms with Crippen molar-refractivity contribution in [2.75, 3.05) is 26.8 Å². The van der Waals surface area contributed by atoms with Crippen molar-refractivity contribution in [2.24, 2.45) is 5.92 Å². The number of halogens is 1. The maximum absolute atomic E-state index is 14.7. The van der Waals surface area contributed by atoms with Crippen LogP contribution in [0.3, 0.4) is 0 Å². The number of nitrogens with zero attached hydrogens (tertiary/aromatic N) is 1. The minimum atomic E-state index is -1.11. The van der Waals surface area contributed by atoms with Crippen molar-refractivity contribution in [2.45, 2.75) is 58.2 Å². The number of carbonyl (C=O) groups excluding carboxylic acids is 4. The largest absolute Gasteiger partial charge is 0.491 e. The Bertz CT molecular complexity index is 1570. The zero-order chi connectivity index (χ0) is 34.6. The van der Waals surface area contributed by atoms with Crippen molar-refractivity contribution in [3.63, 3.8) is 0 Å². The first-order valence-electron chi connectivity index (χ1n) is 16.0. The van der Waals surface area contributed by atoms with E-state index in [1.807, 2.05) is 19.9 Å². The summed E-state index contributed by atoms with van der Waals surface area (Å²) in [5, 5.41) is 8.38. The van der Waals surface area contributed by atoms with Crippen LogP contribution in [-0.2, 0) is 14.4 Å². The molecule has 0 spiro atoms. The van der Waals surface area contributed by atoms with Gasteiger partial charge in [0.15, 0.2) is 11.6 Å². The van der Waals surface area contributed by atoms with Gasteiger partial charge in [-0.15, -0.1) is 0 Å². The molecule has 1 aliphatic rings. The minimum Gasteiger partial charge on any atom is -0.491 e. The second kappa shape index (κ2) is 17.1. The number of hydrogen-bond donors (Lipinski definition) is 3. The van der Waals surface area contributed by atoms with E-state index < -0.39 is 41.7 Å². The number of rotatable bonds is 9. The lowest BCUT2D eigenvalue weighted by Gasteiger charge is -2.26. The maximum atomic E-state index is 14.7. The molecule has 3 aromatic carbocycles. The first kappa shape index (κ1) is 35.7. The van der Waals surface area contributed by atoms with Gasteiger partial charge in [-0.05, 0) is 62.1 Å². The summed E-state index contributed by atoms with van der Waals surface area (Å²) in [6.07, 6.45) is 0.258. The van der Waals surface area contributed by atoms with Crippen LogP contribution in [0.4, 0.5) is 4.39 Å². The molecule has 0 radical (unpaired) electrons. The van der Waals surface area contributed by atoms with Crippen LogP contribution >= 0.6 is 0 Å². The fourth-order valence-corrected chi connectivity index (χ4v) is 5.10. The molecule has 4 rings (SSSR count). The van der Waals surface area contributed by atoms with Crippen LogP contribution in [0, 0.1) is 11.7 Å². The van der Waals surface area contributed by atoms with Crippen molar-refractivity contribution in [1.29, 1.82) is 0 Å². The van der Waals surface area contributed by atoms with Crippen LogP contribution in [0.2, 0.25) is 0 Å². The van der Waals surface area contributed by atoms with Crippen molar-refractivity contribution in [3.05, 3.63) is 84.2 Å². The van der Waals surface area contributed by atoms with Gasteiger partial charge in [0, 0.05) is 13.5 Å². The van der Waals surface area contributed by atoms with Gasteiger partial charge in [-0.25, -0.2) is 4.39 Å². The van der Waals surface area contributed by atoms with E-state index in [4.69, 9.17) is 14.2 Å². The lowest BCUT2D eigenvalue weighted by molar-refractivity contribution is -0.136. The molecule has 3 atom stereocenters. The molecule has 48 heavy (non-hydrogen) atoms. The molecule has 256 valence electrons. The minimum absolute atomic E-state index is 0.0442. The van der Waals surface area contributed by atoms with E-state index in [1.165, 1.54) is 17.0 Å². The Morgan fingerprint density at radius 3 is 2.48 bits per heavy atom. The molecule has 0 aliphatic carbocycles. The third kappa shape index (κ3) is 10.2. The second-order valence-corrected chi connectivity index (χ2v) is 12.1. The molecular formula is C36H43FN4O7. The van der Waals surface area contributed by atoms with Gasteiger partial charge in [-0.3, -0.25) is 19.2 Å². The Hall–Kier alpha value is -5.13. The highest BCUT2D eigenvalue weighted by molar-refractivity contribution is 6.00. The van der Waals surface area contributed by atoms with Gasteiger partial charge in [-0.1, -0.05) is 50.2 Å². The predicted octanol–water partition coefficient (Wildman–Crippen LogP) is 4.46. The Balaban J connectivity index is 1.49. The summed E-state index contributed by atoms with van der Waals surface area (Å²) in [7, 11) is 1.64.